The van der Waals surface area contributed by atoms with E-state index in [1.165, 1.54) is 11.1 Å². The van der Waals surface area contributed by atoms with Gasteiger partial charge in [0.15, 0.2) is 5.78 Å². The molecular formula is C18H26O2. The standard InChI is InChI=1S/C18H26O2/c1-13-6-7-15(12-14(13)2)16(19)18(20-5)10-8-17(3,4)9-11-18/h6-7,12H,8-11H2,1-5H3. The lowest BCUT2D eigenvalue weighted by atomic mass is 9.68. The maximum absolute atomic E-state index is 12.9. The highest BCUT2D eigenvalue weighted by Crippen LogP contribution is 2.43. The van der Waals surface area contributed by atoms with Gasteiger partial charge in [0, 0.05) is 12.7 Å². The molecule has 0 saturated heterocycles. The maximum atomic E-state index is 12.9. The Labute approximate surface area is 122 Å². The number of aryl methyl sites for hydroxylation is 2. The third kappa shape index (κ3) is 2.80. The molecule has 0 aliphatic heterocycles. The third-order valence-electron chi connectivity index (χ3n) is 4.98. The number of benzene rings is 1. The molecule has 0 amide bonds. The number of hydrogen-bond acceptors (Lipinski definition) is 2. The topological polar surface area (TPSA) is 26.3 Å². The second-order valence-corrected chi connectivity index (χ2v) is 6.99. The normalized spacial score (nSPS) is 20.6. The molecule has 0 bridgehead atoms. The van der Waals surface area contributed by atoms with Crippen LogP contribution in [0.4, 0.5) is 0 Å². The van der Waals surface area contributed by atoms with Crippen molar-refractivity contribution in [2.24, 2.45) is 5.41 Å². The minimum absolute atomic E-state index is 0.151. The van der Waals surface area contributed by atoms with Crippen molar-refractivity contribution in [1.29, 1.82) is 0 Å². The number of carbonyl (C=O) groups is 1. The highest BCUT2D eigenvalue weighted by molar-refractivity contribution is 6.02. The van der Waals surface area contributed by atoms with E-state index in [9.17, 15) is 4.79 Å². The molecule has 2 nitrogen and oxygen atoms in total. The number of hydrogen-bond donors (Lipinski definition) is 0. The van der Waals surface area contributed by atoms with Crippen molar-refractivity contribution >= 4 is 5.78 Å². The molecule has 0 spiro atoms. The van der Waals surface area contributed by atoms with Crippen LogP contribution >= 0.6 is 0 Å². The van der Waals surface area contributed by atoms with Crippen LogP contribution in [0.3, 0.4) is 0 Å². The van der Waals surface area contributed by atoms with Gasteiger partial charge in [-0.2, -0.15) is 0 Å². The monoisotopic (exact) mass is 274 g/mol. The van der Waals surface area contributed by atoms with Crippen LogP contribution in [0.5, 0.6) is 0 Å². The van der Waals surface area contributed by atoms with E-state index in [1.807, 2.05) is 18.2 Å². The second-order valence-electron chi connectivity index (χ2n) is 6.99. The van der Waals surface area contributed by atoms with Gasteiger partial charge in [-0.1, -0.05) is 26.0 Å². The Morgan fingerprint density at radius 3 is 2.15 bits per heavy atom. The van der Waals surface area contributed by atoms with Gasteiger partial charge in [-0.15, -0.1) is 0 Å². The number of ether oxygens (including phenoxy) is 1. The summed E-state index contributed by atoms with van der Waals surface area (Å²) in [7, 11) is 1.68. The smallest absolute Gasteiger partial charge is 0.194 e. The van der Waals surface area contributed by atoms with Crippen molar-refractivity contribution in [3.8, 4) is 0 Å². The SMILES string of the molecule is COC1(C(=O)c2ccc(C)c(C)c2)CCC(C)(C)CC1. The Balaban J connectivity index is 2.27. The summed E-state index contributed by atoms with van der Waals surface area (Å²) in [5.74, 6) is 0.151. The van der Waals surface area contributed by atoms with E-state index in [2.05, 4.69) is 27.7 Å². The van der Waals surface area contributed by atoms with E-state index >= 15 is 0 Å². The minimum atomic E-state index is -0.614. The molecule has 0 atom stereocenters. The summed E-state index contributed by atoms with van der Waals surface area (Å²) in [5.41, 5.74) is 2.88. The number of ketones is 1. The lowest BCUT2D eigenvalue weighted by Crippen LogP contribution is -2.45. The van der Waals surface area contributed by atoms with E-state index in [-0.39, 0.29) is 5.78 Å². The van der Waals surface area contributed by atoms with Gasteiger partial charge in [-0.05, 0) is 62.1 Å². The van der Waals surface area contributed by atoms with E-state index in [0.29, 0.717) is 5.41 Å². The lowest BCUT2D eigenvalue weighted by molar-refractivity contribution is -0.0383. The molecule has 0 heterocycles. The summed E-state index contributed by atoms with van der Waals surface area (Å²) >= 11 is 0. The fourth-order valence-electron chi connectivity index (χ4n) is 3.00. The molecule has 110 valence electrons. The average Bonchev–Trinajstić information content (AvgIpc) is 2.42. The summed E-state index contributed by atoms with van der Waals surface area (Å²) in [4.78, 5) is 12.9. The summed E-state index contributed by atoms with van der Waals surface area (Å²) in [6.07, 6.45) is 3.72. The molecule has 1 fully saturated rings. The van der Waals surface area contributed by atoms with Gasteiger partial charge in [-0.25, -0.2) is 0 Å². The molecule has 1 aliphatic carbocycles. The van der Waals surface area contributed by atoms with Gasteiger partial charge >= 0.3 is 0 Å². The molecule has 1 aliphatic rings. The van der Waals surface area contributed by atoms with E-state index in [0.717, 1.165) is 31.2 Å². The van der Waals surface area contributed by atoms with Crippen molar-refractivity contribution in [2.75, 3.05) is 7.11 Å². The molecule has 1 saturated carbocycles. The largest absolute Gasteiger partial charge is 0.370 e. The summed E-state index contributed by atoms with van der Waals surface area (Å²) < 4.78 is 5.71. The molecular weight excluding hydrogens is 248 g/mol. The first-order chi connectivity index (χ1) is 9.30. The fourth-order valence-corrected chi connectivity index (χ4v) is 3.00. The number of methoxy groups -OCH3 is 1. The highest BCUT2D eigenvalue weighted by Gasteiger charge is 2.44. The van der Waals surface area contributed by atoms with Crippen LogP contribution in [0.25, 0.3) is 0 Å². The first-order valence-electron chi connectivity index (χ1n) is 7.47. The summed E-state index contributed by atoms with van der Waals surface area (Å²) in [6.45, 7) is 8.66. The molecule has 0 unspecified atom stereocenters. The third-order valence-corrected chi connectivity index (χ3v) is 4.98. The van der Waals surface area contributed by atoms with Crippen molar-refractivity contribution in [1.82, 2.24) is 0 Å². The summed E-state index contributed by atoms with van der Waals surface area (Å²) in [6, 6.07) is 5.96. The number of Topliss-reactive ketones (excluding diaryl/α,β-unsaturated/α-hetero) is 1. The quantitative estimate of drug-likeness (QED) is 0.760. The lowest BCUT2D eigenvalue weighted by Gasteiger charge is -2.41. The molecule has 0 aromatic heterocycles. The summed E-state index contributed by atoms with van der Waals surface area (Å²) in [5, 5.41) is 0. The van der Waals surface area contributed by atoms with Crippen molar-refractivity contribution in [3.05, 3.63) is 34.9 Å². The van der Waals surface area contributed by atoms with Crippen LogP contribution in [0, 0.1) is 19.3 Å². The Kier molecular flexibility index (Phi) is 4.06. The van der Waals surface area contributed by atoms with E-state index < -0.39 is 5.60 Å². The van der Waals surface area contributed by atoms with Crippen molar-refractivity contribution < 1.29 is 9.53 Å². The molecule has 1 aromatic carbocycles. The zero-order chi connectivity index (χ0) is 15.0. The zero-order valence-corrected chi connectivity index (χ0v) is 13.4. The number of carbonyl (C=O) groups excluding carboxylic acids is 1. The van der Waals surface area contributed by atoms with Gasteiger partial charge < -0.3 is 4.74 Å². The zero-order valence-electron chi connectivity index (χ0n) is 13.4. The molecule has 2 rings (SSSR count). The van der Waals surface area contributed by atoms with Gasteiger partial charge in [0.05, 0.1) is 0 Å². The first kappa shape index (κ1) is 15.2. The van der Waals surface area contributed by atoms with Crippen LogP contribution in [0.2, 0.25) is 0 Å². The fraction of sp³-hybridized carbons (Fsp3) is 0.611. The Morgan fingerprint density at radius 1 is 1.05 bits per heavy atom. The molecule has 0 radical (unpaired) electrons. The maximum Gasteiger partial charge on any atom is 0.194 e. The predicted molar refractivity (Wildman–Crippen MR) is 82.2 cm³/mol. The predicted octanol–water partition coefficient (Wildman–Crippen LogP) is 4.47. The van der Waals surface area contributed by atoms with Crippen LogP contribution in [-0.4, -0.2) is 18.5 Å². The molecule has 2 heteroatoms. The van der Waals surface area contributed by atoms with Crippen LogP contribution in [0.1, 0.15) is 61.0 Å². The first-order valence-corrected chi connectivity index (χ1v) is 7.47. The molecule has 20 heavy (non-hydrogen) atoms. The molecule has 1 aromatic rings. The molecule has 0 N–H and O–H groups in total. The van der Waals surface area contributed by atoms with Crippen molar-refractivity contribution in [2.45, 2.75) is 59.0 Å². The van der Waals surface area contributed by atoms with Gasteiger partial charge in [0.25, 0.3) is 0 Å². The van der Waals surface area contributed by atoms with Crippen molar-refractivity contribution in [3.63, 3.8) is 0 Å². The Morgan fingerprint density at radius 2 is 1.65 bits per heavy atom. The Hall–Kier alpha value is -1.15. The van der Waals surface area contributed by atoms with E-state index in [1.54, 1.807) is 7.11 Å². The van der Waals surface area contributed by atoms with Gasteiger partial charge in [0.2, 0.25) is 0 Å². The van der Waals surface area contributed by atoms with Crippen LogP contribution < -0.4 is 0 Å². The minimum Gasteiger partial charge on any atom is -0.370 e. The van der Waals surface area contributed by atoms with Crippen LogP contribution in [-0.2, 0) is 4.74 Å². The van der Waals surface area contributed by atoms with Gasteiger partial charge in [-0.3, -0.25) is 4.79 Å². The van der Waals surface area contributed by atoms with Gasteiger partial charge in [0.1, 0.15) is 5.60 Å². The second kappa shape index (κ2) is 5.33. The Bertz CT molecular complexity index is 504. The average molecular weight is 274 g/mol. The number of rotatable bonds is 3. The van der Waals surface area contributed by atoms with Crippen LogP contribution in [0.15, 0.2) is 18.2 Å². The van der Waals surface area contributed by atoms with E-state index in [4.69, 9.17) is 4.74 Å². The highest BCUT2D eigenvalue weighted by atomic mass is 16.5.